The van der Waals surface area contributed by atoms with E-state index in [1.807, 2.05) is 6.07 Å². The molecule has 2 aromatic rings. The maximum atomic E-state index is 12.9. The second kappa shape index (κ2) is 5.54. The molecule has 1 fully saturated rings. The van der Waals surface area contributed by atoms with Gasteiger partial charge in [0.25, 0.3) is 11.9 Å². The van der Waals surface area contributed by atoms with Crippen LogP contribution in [0.3, 0.4) is 0 Å². The molecule has 2 aliphatic heterocycles. The molecular formula is C18H16ClN3O3. The van der Waals surface area contributed by atoms with Gasteiger partial charge in [0.1, 0.15) is 0 Å². The van der Waals surface area contributed by atoms with Gasteiger partial charge in [0, 0.05) is 27.7 Å². The number of amides is 1. The van der Waals surface area contributed by atoms with E-state index in [9.17, 15) is 14.9 Å². The number of para-hydroxylation sites is 1. The van der Waals surface area contributed by atoms with E-state index in [1.165, 1.54) is 0 Å². The zero-order valence-electron chi connectivity index (χ0n) is 13.5. The van der Waals surface area contributed by atoms with Crippen molar-refractivity contribution in [1.29, 1.82) is 0 Å². The topological polar surface area (TPSA) is 75.5 Å². The lowest BCUT2D eigenvalue weighted by Gasteiger charge is -2.30. The molecule has 0 bridgehead atoms. The lowest BCUT2D eigenvalue weighted by Crippen LogP contribution is -2.54. The summed E-state index contributed by atoms with van der Waals surface area (Å²) in [5.41, 5.74) is 0.820. The van der Waals surface area contributed by atoms with Crippen molar-refractivity contribution in [2.45, 2.75) is 17.5 Å². The fourth-order valence-corrected chi connectivity index (χ4v) is 4.42. The Kier molecular flexibility index (Phi) is 3.56. The van der Waals surface area contributed by atoms with Crippen LogP contribution in [-0.2, 0) is 10.3 Å². The molecule has 2 heterocycles. The molecule has 1 amide bonds. The van der Waals surface area contributed by atoms with Crippen molar-refractivity contribution >= 4 is 23.2 Å². The third-order valence-corrected chi connectivity index (χ3v) is 5.59. The lowest BCUT2D eigenvalue weighted by atomic mass is 9.79. The molecule has 0 saturated carbocycles. The molecule has 0 radical (unpaired) electrons. The number of likely N-dealkylation sites (N-methyl/N-ethyl adjacent to an activating group) is 1. The van der Waals surface area contributed by atoms with Crippen LogP contribution >= 0.6 is 11.6 Å². The van der Waals surface area contributed by atoms with Gasteiger partial charge in [0.15, 0.2) is 5.54 Å². The van der Waals surface area contributed by atoms with Gasteiger partial charge in [-0.25, -0.2) is 0 Å². The number of anilines is 1. The monoisotopic (exact) mass is 357 g/mol. The van der Waals surface area contributed by atoms with Crippen LogP contribution in [0.4, 0.5) is 5.69 Å². The van der Waals surface area contributed by atoms with Crippen molar-refractivity contribution < 1.29 is 9.72 Å². The van der Waals surface area contributed by atoms with Gasteiger partial charge in [-0.1, -0.05) is 41.9 Å². The Labute approximate surface area is 149 Å². The number of rotatable bonds is 2. The van der Waals surface area contributed by atoms with Gasteiger partial charge in [-0.2, -0.15) is 0 Å². The van der Waals surface area contributed by atoms with Crippen molar-refractivity contribution in [2.75, 3.05) is 18.9 Å². The molecule has 1 spiro atoms. The molecule has 6 nitrogen and oxygen atoms in total. The molecule has 3 atom stereocenters. The van der Waals surface area contributed by atoms with E-state index in [1.54, 1.807) is 54.4 Å². The first kappa shape index (κ1) is 16.1. The molecule has 128 valence electrons. The molecule has 1 N–H and O–H groups in total. The second-order valence-electron chi connectivity index (χ2n) is 6.53. The highest BCUT2D eigenvalue weighted by Crippen LogP contribution is 2.51. The zero-order valence-corrected chi connectivity index (χ0v) is 14.2. The highest BCUT2D eigenvalue weighted by atomic mass is 35.5. The van der Waals surface area contributed by atoms with E-state index >= 15 is 0 Å². The van der Waals surface area contributed by atoms with Crippen LogP contribution < -0.4 is 5.32 Å². The quantitative estimate of drug-likeness (QED) is 0.662. The first-order valence-electron chi connectivity index (χ1n) is 7.97. The minimum absolute atomic E-state index is 0.315. The van der Waals surface area contributed by atoms with E-state index in [0.717, 1.165) is 5.56 Å². The van der Waals surface area contributed by atoms with Crippen molar-refractivity contribution in [3.63, 3.8) is 0 Å². The molecule has 0 unspecified atom stereocenters. The van der Waals surface area contributed by atoms with E-state index in [0.29, 0.717) is 22.8 Å². The van der Waals surface area contributed by atoms with Crippen LogP contribution in [0.2, 0.25) is 5.02 Å². The van der Waals surface area contributed by atoms with Crippen LogP contribution in [0, 0.1) is 10.1 Å². The number of likely N-dealkylation sites (tertiary alicyclic amines) is 1. The third kappa shape index (κ3) is 2.11. The Morgan fingerprint density at radius 2 is 1.92 bits per heavy atom. The average Bonchev–Trinajstić information content (AvgIpc) is 3.05. The summed E-state index contributed by atoms with van der Waals surface area (Å²) >= 11 is 5.95. The standard InChI is InChI=1S/C18H16ClN3O3/c1-21-10-13(11-6-8-12(19)9-7-11)16(22(24)25)18(21)14-4-2-3-5-15(14)20-17(18)23/h2-9,13,16H,10H2,1H3,(H,20,23)/t13-,16-,18-/m1/s1. The number of nitro groups is 1. The Hall–Kier alpha value is -2.44. The number of fused-ring (bicyclic) bond motifs is 2. The molecular weight excluding hydrogens is 342 g/mol. The summed E-state index contributed by atoms with van der Waals surface area (Å²) in [6.45, 7) is 0.412. The summed E-state index contributed by atoms with van der Waals surface area (Å²) in [6, 6.07) is 13.2. The van der Waals surface area contributed by atoms with Gasteiger partial charge in [-0.15, -0.1) is 0 Å². The van der Waals surface area contributed by atoms with E-state index < -0.39 is 17.5 Å². The average molecular weight is 358 g/mol. The predicted octanol–water partition coefficient (Wildman–Crippen LogP) is 2.86. The van der Waals surface area contributed by atoms with Gasteiger partial charge in [-0.3, -0.25) is 19.8 Å². The van der Waals surface area contributed by atoms with E-state index in [4.69, 9.17) is 11.6 Å². The molecule has 0 aliphatic carbocycles. The largest absolute Gasteiger partial charge is 0.324 e. The number of halogens is 1. The van der Waals surface area contributed by atoms with E-state index in [2.05, 4.69) is 5.32 Å². The molecule has 2 aliphatic rings. The van der Waals surface area contributed by atoms with E-state index in [-0.39, 0.29) is 10.8 Å². The first-order valence-corrected chi connectivity index (χ1v) is 8.35. The number of nitrogens with one attached hydrogen (secondary N) is 1. The smallest absolute Gasteiger partial charge is 0.256 e. The fourth-order valence-electron chi connectivity index (χ4n) is 4.29. The second-order valence-corrected chi connectivity index (χ2v) is 6.97. The molecule has 4 rings (SSSR count). The number of hydrogen-bond donors (Lipinski definition) is 1. The summed E-state index contributed by atoms with van der Waals surface area (Å²) in [6.07, 6.45) is 0. The SMILES string of the molecule is CN1C[C@H](c2ccc(Cl)cc2)[C@@H]([N+](=O)[O-])[C@]12C(=O)Nc1ccccc12. The highest BCUT2D eigenvalue weighted by Gasteiger charge is 2.68. The van der Waals surface area contributed by atoms with Gasteiger partial charge in [-0.05, 0) is 30.8 Å². The molecule has 25 heavy (non-hydrogen) atoms. The van der Waals surface area contributed by atoms with Crippen LogP contribution in [0.5, 0.6) is 0 Å². The summed E-state index contributed by atoms with van der Waals surface area (Å²) in [5.74, 6) is -0.747. The van der Waals surface area contributed by atoms with Crippen LogP contribution in [-0.4, -0.2) is 35.4 Å². The van der Waals surface area contributed by atoms with Crippen molar-refractivity contribution in [2.24, 2.45) is 0 Å². The Bertz CT molecular complexity index is 870. The zero-order chi connectivity index (χ0) is 17.8. The minimum atomic E-state index is -1.30. The number of carbonyl (C=O) groups excluding carboxylic acids is 1. The lowest BCUT2D eigenvalue weighted by molar-refractivity contribution is -0.534. The summed E-state index contributed by atoms with van der Waals surface area (Å²) in [5, 5.41) is 15.5. The summed E-state index contributed by atoms with van der Waals surface area (Å²) < 4.78 is 0. The third-order valence-electron chi connectivity index (χ3n) is 5.34. The number of carbonyl (C=O) groups is 1. The molecule has 0 aromatic heterocycles. The predicted molar refractivity (Wildman–Crippen MR) is 94.4 cm³/mol. The molecule has 2 aromatic carbocycles. The number of benzene rings is 2. The summed E-state index contributed by atoms with van der Waals surface area (Å²) in [4.78, 5) is 26.5. The summed E-state index contributed by atoms with van der Waals surface area (Å²) in [7, 11) is 1.77. The van der Waals surface area contributed by atoms with Crippen molar-refractivity contribution in [3.8, 4) is 0 Å². The fraction of sp³-hybridized carbons (Fsp3) is 0.278. The number of hydrogen-bond acceptors (Lipinski definition) is 4. The van der Waals surface area contributed by atoms with Gasteiger partial charge < -0.3 is 5.32 Å². The van der Waals surface area contributed by atoms with Crippen LogP contribution in [0.15, 0.2) is 48.5 Å². The Morgan fingerprint density at radius 1 is 1.24 bits per heavy atom. The maximum absolute atomic E-state index is 12.9. The van der Waals surface area contributed by atoms with Crippen LogP contribution in [0.25, 0.3) is 0 Å². The van der Waals surface area contributed by atoms with Gasteiger partial charge in [0.2, 0.25) is 0 Å². The van der Waals surface area contributed by atoms with Gasteiger partial charge >= 0.3 is 0 Å². The maximum Gasteiger partial charge on any atom is 0.256 e. The van der Waals surface area contributed by atoms with Crippen molar-refractivity contribution in [1.82, 2.24) is 4.90 Å². The molecule has 7 heteroatoms. The van der Waals surface area contributed by atoms with Crippen LogP contribution in [0.1, 0.15) is 17.0 Å². The normalized spacial score (nSPS) is 28.2. The molecule has 1 saturated heterocycles. The van der Waals surface area contributed by atoms with Crippen molar-refractivity contribution in [3.05, 3.63) is 74.8 Å². The Morgan fingerprint density at radius 3 is 2.60 bits per heavy atom. The highest BCUT2D eigenvalue weighted by molar-refractivity contribution is 6.30. The minimum Gasteiger partial charge on any atom is -0.324 e. The van der Waals surface area contributed by atoms with Gasteiger partial charge in [0.05, 0.1) is 5.92 Å². The first-order chi connectivity index (χ1) is 12.0. The number of nitrogens with zero attached hydrogens (tertiary/aromatic N) is 2. The Balaban J connectivity index is 1.90.